The summed E-state index contributed by atoms with van der Waals surface area (Å²) in [6.45, 7) is 4.64. The molecule has 0 fully saturated rings. The number of halogens is 1. The van der Waals surface area contributed by atoms with Crippen LogP contribution in [0.15, 0.2) is 77.7 Å². The number of benzene rings is 3. The smallest absolute Gasteiger partial charge is 0.264 e. The minimum atomic E-state index is -4.21. The molecule has 1 atom stereocenters. The van der Waals surface area contributed by atoms with E-state index in [4.69, 9.17) is 21.1 Å². The largest absolute Gasteiger partial charge is 0.493 e. The number of methoxy groups -OCH3 is 2. The first-order valence-electron chi connectivity index (χ1n) is 12.6. The van der Waals surface area contributed by atoms with Gasteiger partial charge in [-0.1, -0.05) is 48.0 Å². The molecule has 0 radical (unpaired) electrons. The van der Waals surface area contributed by atoms with Gasteiger partial charge in [-0.05, 0) is 56.7 Å². The van der Waals surface area contributed by atoms with E-state index in [2.05, 4.69) is 5.32 Å². The van der Waals surface area contributed by atoms with Crippen LogP contribution in [0.1, 0.15) is 26.3 Å². The van der Waals surface area contributed by atoms with E-state index in [1.807, 2.05) is 13.8 Å². The molecule has 0 aliphatic rings. The van der Waals surface area contributed by atoms with Gasteiger partial charge in [0.2, 0.25) is 11.8 Å². The lowest BCUT2D eigenvalue weighted by molar-refractivity contribution is -0.139. The number of sulfonamides is 1. The number of rotatable bonds is 12. The zero-order valence-corrected chi connectivity index (χ0v) is 24.7. The second kappa shape index (κ2) is 13.5. The zero-order valence-electron chi connectivity index (χ0n) is 23.1. The Morgan fingerprint density at radius 2 is 1.52 bits per heavy atom. The number of ether oxygens (including phenoxy) is 2. The molecule has 0 spiro atoms. The van der Waals surface area contributed by atoms with Gasteiger partial charge in [-0.3, -0.25) is 13.9 Å². The third-order valence-corrected chi connectivity index (χ3v) is 8.32. The Labute approximate surface area is 240 Å². The average molecular weight is 588 g/mol. The maximum atomic E-state index is 14.0. The molecule has 0 saturated heterocycles. The molecule has 3 aromatic rings. The van der Waals surface area contributed by atoms with E-state index in [1.54, 1.807) is 55.5 Å². The molecule has 0 aliphatic carbocycles. The van der Waals surface area contributed by atoms with Crippen molar-refractivity contribution in [2.45, 2.75) is 44.3 Å². The van der Waals surface area contributed by atoms with Crippen molar-refractivity contribution in [1.29, 1.82) is 0 Å². The van der Waals surface area contributed by atoms with Crippen molar-refractivity contribution in [3.05, 3.63) is 83.4 Å². The topological polar surface area (TPSA) is 105 Å². The normalized spacial score (nSPS) is 12.0. The van der Waals surface area contributed by atoms with Crippen LogP contribution in [0.2, 0.25) is 5.02 Å². The zero-order chi connectivity index (χ0) is 29.4. The molecule has 3 rings (SSSR count). The standard InChI is InChI=1S/C29H34ClN3O6S/c1-20(2)31-29(35)21(3)32(18-22-11-9-10-14-25(22)30)28(34)19-33(40(36,37)24-12-7-6-8-13-24)23-15-16-26(38-4)27(17-23)39-5/h6-17,20-21H,18-19H2,1-5H3,(H,31,35)/t21-/m1/s1. The molecule has 3 aromatic carbocycles. The van der Waals surface area contributed by atoms with Crippen LogP contribution >= 0.6 is 11.6 Å². The molecule has 0 unspecified atom stereocenters. The molecule has 0 aromatic heterocycles. The number of amides is 2. The average Bonchev–Trinajstić information content (AvgIpc) is 2.94. The Balaban J connectivity index is 2.09. The molecule has 11 heteroatoms. The Morgan fingerprint density at radius 1 is 0.900 bits per heavy atom. The highest BCUT2D eigenvalue weighted by atomic mass is 35.5. The van der Waals surface area contributed by atoms with Crippen molar-refractivity contribution < 1.29 is 27.5 Å². The Hall–Kier alpha value is -3.76. The predicted molar refractivity (Wildman–Crippen MR) is 155 cm³/mol. The van der Waals surface area contributed by atoms with Gasteiger partial charge in [0, 0.05) is 23.7 Å². The van der Waals surface area contributed by atoms with Gasteiger partial charge in [0.05, 0.1) is 24.8 Å². The SMILES string of the molecule is COc1ccc(N(CC(=O)N(Cc2ccccc2Cl)[C@H](C)C(=O)NC(C)C)S(=O)(=O)c2ccccc2)cc1OC. The van der Waals surface area contributed by atoms with Gasteiger partial charge in [0.25, 0.3) is 10.0 Å². The minimum absolute atomic E-state index is 0.000776. The summed E-state index contributed by atoms with van der Waals surface area (Å²) in [5.74, 6) is -0.285. The molecular formula is C29H34ClN3O6S. The van der Waals surface area contributed by atoms with Crippen LogP contribution in [0.25, 0.3) is 0 Å². The summed E-state index contributed by atoms with van der Waals surface area (Å²) in [6.07, 6.45) is 0. The van der Waals surface area contributed by atoms with Crippen LogP contribution in [0.5, 0.6) is 11.5 Å². The van der Waals surface area contributed by atoms with Crippen molar-refractivity contribution in [3.8, 4) is 11.5 Å². The van der Waals surface area contributed by atoms with Gasteiger partial charge in [-0.2, -0.15) is 0 Å². The van der Waals surface area contributed by atoms with Gasteiger partial charge in [-0.25, -0.2) is 8.42 Å². The van der Waals surface area contributed by atoms with E-state index in [9.17, 15) is 18.0 Å². The highest BCUT2D eigenvalue weighted by molar-refractivity contribution is 7.92. The molecule has 214 valence electrons. The summed E-state index contributed by atoms with van der Waals surface area (Å²) in [4.78, 5) is 28.3. The first kappa shape index (κ1) is 30.8. The van der Waals surface area contributed by atoms with Gasteiger partial charge < -0.3 is 19.7 Å². The fourth-order valence-electron chi connectivity index (χ4n) is 4.03. The number of carbonyl (C=O) groups excluding carboxylic acids is 2. The lowest BCUT2D eigenvalue weighted by Crippen LogP contribution is -2.52. The number of nitrogens with zero attached hydrogens (tertiary/aromatic N) is 2. The summed E-state index contributed by atoms with van der Waals surface area (Å²) in [5.41, 5.74) is 0.803. The van der Waals surface area contributed by atoms with Crippen LogP contribution < -0.4 is 19.1 Å². The third kappa shape index (κ3) is 7.25. The second-order valence-corrected chi connectivity index (χ2v) is 11.6. The summed E-state index contributed by atoms with van der Waals surface area (Å²) in [7, 11) is -1.31. The molecule has 0 heterocycles. The fourth-order valence-corrected chi connectivity index (χ4v) is 5.65. The Bertz CT molecular complexity index is 1430. The lowest BCUT2D eigenvalue weighted by atomic mass is 10.1. The molecule has 2 amide bonds. The number of nitrogens with one attached hydrogen (secondary N) is 1. The quantitative estimate of drug-likeness (QED) is 0.335. The van der Waals surface area contributed by atoms with E-state index in [1.165, 1.54) is 43.4 Å². The first-order chi connectivity index (χ1) is 19.0. The number of hydrogen-bond acceptors (Lipinski definition) is 6. The Morgan fingerprint density at radius 3 is 2.12 bits per heavy atom. The molecule has 40 heavy (non-hydrogen) atoms. The molecular weight excluding hydrogens is 554 g/mol. The van der Waals surface area contributed by atoms with Crippen LogP contribution in [-0.4, -0.2) is 58.0 Å². The van der Waals surface area contributed by atoms with E-state index in [0.29, 0.717) is 22.1 Å². The molecule has 0 bridgehead atoms. The van der Waals surface area contributed by atoms with Crippen LogP contribution in [-0.2, 0) is 26.2 Å². The second-order valence-electron chi connectivity index (χ2n) is 9.32. The molecule has 0 saturated carbocycles. The van der Waals surface area contributed by atoms with E-state index in [0.717, 1.165) is 4.31 Å². The van der Waals surface area contributed by atoms with Crippen LogP contribution in [0, 0.1) is 0 Å². The van der Waals surface area contributed by atoms with Crippen molar-refractivity contribution in [2.75, 3.05) is 25.1 Å². The van der Waals surface area contributed by atoms with E-state index < -0.39 is 28.5 Å². The maximum Gasteiger partial charge on any atom is 0.264 e. The monoisotopic (exact) mass is 587 g/mol. The number of anilines is 1. The molecule has 0 aliphatic heterocycles. The number of carbonyl (C=O) groups is 2. The highest BCUT2D eigenvalue weighted by Gasteiger charge is 2.33. The van der Waals surface area contributed by atoms with Crippen molar-refractivity contribution in [3.63, 3.8) is 0 Å². The van der Waals surface area contributed by atoms with Crippen molar-refractivity contribution in [1.82, 2.24) is 10.2 Å². The number of hydrogen-bond donors (Lipinski definition) is 1. The highest BCUT2D eigenvalue weighted by Crippen LogP contribution is 2.34. The fraction of sp³-hybridized carbons (Fsp3) is 0.310. The maximum absolute atomic E-state index is 14.0. The summed E-state index contributed by atoms with van der Waals surface area (Å²) in [5, 5.41) is 3.24. The lowest BCUT2D eigenvalue weighted by Gasteiger charge is -2.32. The first-order valence-corrected chi connectivity index (χ1v) is 14.4. The minimum Gasteiger partial charge on any atom is -0.493 e. The van der Waals surface area contributed by atoms with Crippen LogP contribution in [0.4, 0.5) is 5.69 Å². The summed E-state index contributed by atoms with van der Waals surface area (Å²) in [6, 6.07) is 18.3. The third-order valence-electron chi connectivity index (χ3n) is 6.16. The molecule has 1 N–H and O–H groups in total. The van der Waals surface area contributed by atoms with Crippen molar-refractivity contribution >= 4 is 39.1 Å². The predicted octanol–water partition coefficient (Wildman–Crippen LogP) is 4.49. The van der Waals surface area contributed by atoms with Gasteiger partial charge >= 0.3 is 0 Å². The van der Waals surface area contributed by atoms with Crippen molar-refractivity contribution in [2.24, 2.45) is 0 Å². The molecule has 9 nitrogen and oxygen atoms in total. The van der Waals surface area contributed by atoms with Crippen LogP contribution in [0.3, 0.4) is 0 Å². The summed E-state index contributed by atoms with van der Waals surface area (Å²) >= 11 is 6.39. The van der Waals surface area contributed by atoms with Gasteiger partial charge in [0.15, 0.2) is 11.5 Å². The summed E-state index contributed by atoms with van der Waals surface area (Å²) < 4.78 is 39.5. The van der Waals surface area contributed by atoms with Gasteiger partial charge in [-0.15, -0.1) is 0 Å². The van der Waals surface area contributed by atoms with E-state index >= 15 is 0 Å². The van der Waals surface area contributed by atoms with Gasteiger partial charge in [0.1, 0.15) is 12.6 Å². The van der Waals surface area contributed by atoms with E-state index in [-0.39, 0.29) is 29.1 Å². The Kier molecular flexibility index (Phi) is 10.4.